The minimum Gasteiger partial charge on any atom is -0.490 e. The van der Waals surface area contributed by atoms with Gasteiger partial charge in [0.2, 0.25) is 0 Å². The largest absolute Gasteiger partial charge is 0.490 e. The molecule has 3 unspecified atom stereocenters. The highest BCUT2D eigenvalue weighted by molar-refractivity contribution is 5.36. The fourth-order valence-corrected chi connectivity index (χ4v) is 2.85. The maximum Gasteiger partial charge on any atom is 0.269 e. The molecule has 0 bridgehead atoms. The molecule has 1 saturated carbocycles. The molecule has 1 N–H and O–H groups in total. The maximum absolute atomic E-state index is 10.6. The van der Waals surface area contributed by atoms with Crippen LogP contribution in [0.2, 0.25) is 0 Å². The molecular formula is C15H22N2O3. The molecule has 0 aromatic heterocycles. The van der Waals surface area contributed by atoms with Crippen molar-refractivity contribution in [3.8, 4) is 5.75 Å². The third kappa shape index (κ3) is 2.63. The van der Waals surface area contributed by atoms with Crippen molar-refractivity contribution in [1.82, 2.24) is 5.32 Å². The summed E-state index contributed by atoms with van der Waals surface area (Å²) < 4.78 is 6.01. The van der Waals surface area contributed by atoms with Crippen molar-refractivity contribution in [3.05, 3.63) is 34.4 Å². The fourth-order valence-electron chi connectivity index (χ4n) is 2.85. The maximum atomic E-state index is 10.6. The normalized spacial score (nSPS) is 28.8. The number of hydrogen-bond donors (Lipinski definition) is 1. The fraction of sp³-hybridized carbons (Fsp3) is 0.600. The minimum atomic E-state index is -0.398. The predicted octanol–water partition coefficient (Wildman–Crippen LogP) is 3.14. The van der Waals surface area contributed by atoms with Gasteiger partial charge in [-0.15, -0.1) is 0 Å². The Morgan fingerprint density at radius 1 is 1.40 bits per heavy atom. The van der Waals surface area contributed by atoms with Crippen molar-refractivity contribution in [1.29, 1.82) is 0 Å². The first-order valence-electron chi connectivity index (χ1n) is 7.15. The number of nitrogens with zero attached hydrogens (tertiary/aromatic N) is 1. The van der Waals surface area contributed by atoms with E-state index in [2.05, 4.69) is 26.1 Å². The average molecular weight is 278 g/mol. The summed E-state index contributed by atoms with van der Waals surface area (Å²) >= 11 is 0. The van der Waals surface area contributed by atoms with Crippen LogP contribution in [0.5, 0.6) is 5.75 Å². The van der Waals surface area contributed by atoms with E-state index < -0.39 is 4.92 Å². The van der Waals surface area contributed by atoms with Gasteiger partial charge in [-0.1, -0.05) is 20.8 Å². The summed E-state index contributed by atoms with van der Waals surface area (Å²) in [7, 11) is 0. The average Bonchev–Trinajstić information content (AvgIpc) is 2.45. The summed E-state index contributed by atoms with van der Waals surface area (Å²) in [5, 5.41) is 14.1. The van der Waals surface area contributed by atoms with E-state index in [1.54, 1.807) is 12.1 Å². The number of nitro groups is 1. The zero-order chi connectivity index (χ0) is 14.8. The van der Waals surface area contributed by atoms with Gasteiger partial charge in [0.05, 0.1) is 4.92 Å². The number of rotatable bonds is 6. The molecule has 0 amide bonds. The second-order valence-electron chi connectivity index (χ2n) is 5.56. The molecular weight excluding hydrogens is 256 g/mol. The SMILES string of the molecule is CCNC1CC(Oc2ccc([N+](=O)[O-])cc2)C1(C)CC. The Balaban J connectivity index is 2.02. The lowest BCUT2D eigenvalue weighted by Crippen LogP contribution is -2.63. The van der Waals surface area contributed by atoms with Gasteiger partial charge >= 0.3 is 0 Å². The van der Waals surface area contributed by atoms with E-state index in [1.807, 2.05) is 0 Å². The van der Waals surface area contributed by atoms with Crippen molar-refractivity contribution >= 4 is 5.69 Å². The van der Waals surface area contributed by atoms with Gasteiger partial charge in [0.15, 0.2) is 0 Å². The van der Waals surface area contributed by atoms with E-state index in [-0.39, 0.29) is 17.2 Å². The number of ether oxygens (including phenoxy) is 1. The Hall–Kier alpha value is -1.62. The lowest BCUT2D eigenvalue weighted by molar-refractivity contribution is -0.384. The highest BCUT2D eigenvalue weighted by atomic mass is 16.6. The molecule has 0 heterocycles. The number of hydrogen-bond acceptors (Lipinski definition) is 4. The van der Waals surface area contributed by atoms with Gasteiger partial charge < -0.3 is 10.1 Å². The highest BCUT2D eigenvalue weighted by Gasteiger charge is 2.51. The summed E-state index contributed by atoms with van der Waals surface area (Å²) in [6.45, 7) is 7.49. The van der Waals surface area contributed by atoms with Gasteiger partial charge in [-0.25, -0.2) is 0 Å². The van der Waals surface area contributed by atoms with E-state index in [0.29, 0.717) is 11.8 Å². The molecule has 0 saturated heterocycles. The Morgan fingerprint density at radius 3 is 2.55 bits per heavy atom. The van der Waals surface area contributed by atoms with Crippen molar-refractivity contribution in [2.24, 2.45) is 5.41 Å². The predicted molar refractivity (Wildman–Crippen MR) is 78.0 cm³/mol. The zero-order valence-corrected chi connectivity index (χ0v) is 12.3. The molecule has 110 valence electrons. The molecule has 1 fully saturated rings. The Morgan fingerprint density at radius 2 is 2.05 bits per heavy atom. The summed E-state index contributed by atoms with van der Waals surface area (Å²) in [6.07, 6.45) is 2.19. The molecule has 0 radical (unpaired) electrons. The molecule has 0 spiro atoms. The van der Waals surface area contributed by atoms with Gasteiger partial charge in [0.1, 0.15) is 11.9 Å². The first kappa shape index (κ1) is 14.8. The van der Waals surface area contributed by atoms with E-state index in [0.717, 1.165) is 19.4 Å². The summed E-state index contributed by atoms with van der Waals surface area (Å²) in [5.41, 5.74) is 0.215. The van der Waals surface area contributed by atoms with Gasteiger partial charge in [0.25, 0.3) is 5.69 Å². The molecule has 1 aliphatic carbocycles. The number of nitrogens with one attached hydrogen (secondary N) is 1. The number of nitro benzene ring substituents is 1. The summed E-state index contributed by atoms with van der Waals surface area (Å²) in [5.74, 6) is 0.704. The van der Waals surface area contributed by atoms with Gasteiger partial charge in [0, 0.05) is 30.0 Å². The summed E-state index contributed by atoms with van der Waals surface area (Å²) in [6, 6.07) is 6.81. The van der Waals surface area contributed by atoms with E-state index in [9.17, 15) is 10.1 Å². The molecule has 2 rings (SSSR count). The first-order valence-corrected chi connectivity index (χ1v) is 7.15. The van der Waals surface area contributed by atoms with Gasteiger partial charge in [-0.05, 0) is 25.1 Å². The molecule has 1 aromatic carbocycles. The van der Waals surface area contributed by atoms with Crippen LogP contribution in [0, 0.1) is 15.5 Å². The molecule has 5 nitrogen and oxygen atoms in total. The van der Waals surface area contributed by atoms with Crippen LogP contribution in [-0.2, 0) is 0 Å². The zero-order valence-electron chi connectivity index (χ0n) is 12.3. The second kappa shape index (κ2) is 5.79. The van der Waals surface area contributed by atoms with E-state index in [1.165, 1.54) is 12.1 Å². The minimum absolute atomic E-state index is 0.0924. The second-order valence-corrected chi connectivity index (χ2v) is 5.56. The van der Waals surface area contributed by atoms with Crippen LogP contribution in [0.1, 0.15) is 33.6 Å². The van der Waals surface area contributed by atoms with Crippen molar-refractivity contribution < 1.29 is 9.66 Å². The standard InChI is InChI=1S/C15H22N2O3/c1-4-15(3)13(16-5-2)10-14(15)20-12-8-6-11(7-9-12)17(18)19/h6-9,13-14,16H,4-5,10H2,1-3H3. The van der Waals surface area contributed by atoms with Crippen molar-refractivity contribution in [3.63, 3.8) is 0 Å². The first-order chi connectivity index (χ1) is 9.51. The van der Waals surface area contributed by atoms with E-state index in [4.69, 9.17) is 4.74 Å². The summed E-state index contributed by atoms with van der Waals surface area (Å²) in [4.78, 5) is 10.2. The Labute approximate surface area is 119 Å². The van der Waals surface area contributed by atoms with Crippen LogP contribution in [0.3, 0.4) is 0 Å². The van der Waals surface area contributed by atoms with Gasteiger partial charge in [-0.2, -0.15) is 0 Å². The van der Waals surface area contributed by atoms with Gasteiger partial charge in [-0.3, -0.25) is 10.1 Å². The van der Waals surface area contributed by atoms with Crippen LogP contribution >= 0.6 is 0 Å². The van der Waals surface area contributed by atoms with E-state index >= 15 is 0 Å². The monoisotopic (exact) mass is 278 g/mol. The van der Waals surface area contributed by atoms with Crippen LogP contribution in [0.15, 0.2) is 24.3 Å². The molecule has 20 heavy (non-hydrogen) atoms. The highest BCUT2D eigenvalue weighted by Crippen LogP contribution is 2.46. The lowest BCUT2D eigenvalue weighted by atomic mass is 9.61. The molecule has 3 atom stereocenters. The van der Waals surface area contributed by atoms with Crippen LogP contribution in [0.4, 0.5) is 5.69 Å². The van der Waals surface area contributed by atoms with Crippen molar-refractivity contribution in [2.45, 2.75) is 45.8 Å². The topological polar surface area (TPSA) is 64.4 Å². The quantitative estimate of drug-likeness (QED) is 0.641. The number of benzene rings is 1. The molecule has 1 aliphatic rings. The Kier molecular flexibility index (Phi) is 4.28. The van der Waals surface area contributed by atoms with Crippen molar-refractivity contribution in [2.75, 3.05) is 6.54 Å². The molecule has 1 aromatic rings. The third-order valence-electron chi connectivity index (χ3n) is 4.52. The smallest absolute Gasteiger partial charge is 0.269 e. The molecule has 5 heteroatoms. The van der Waals surface area contributed by atoms with Crippen LogP contribution in [-0.4, -0.2) is 23.6 Å². The lowest BCUT2D eigenvalue weighted by Gasteiger charge is -2.53. The third-order valence-corrected chi connectivity index (χ3v) is 4.52. The van der Waals surface area contributed by atoms with Crippen LogP contribution in [0.25, 0.3) is 0 Å². The van der Waals surface area contributed by atoms with Crippen LogP contribution < -0.4 is 10.1 Å². The molecule has 0 aliphatic heterocycles. The number of non-ortho nitro benzene ring substituents is 1. The Bertz CT molecular complexity index is 475.